The molecule has 0 rings (SSSR count). The highest BCUT2D eigenvalue weighted by Crippen LogP contribution is 1.85. The SMILES string of the molecule is CNCCCOCC(O)CNC. The molecule has 0 bridgehead atoms. The van der Waals surface area contributed by atoms with Gasteiger partial charge >= 0.3 is 0 Å². The second-order valence-electron chi connectivity index (χ2n) is 2.74. The van der Waals surface area contributed by atoms with E-state index < -0.39 is 0 Å². The van der Waals surface area contributed by atoms with Crippen molar-refractivity contribution < 1.29 is 9.84 Å². The van der Waals surface area contributed by atoms with Crippen molar-refractivity contribution in [3.05, 3.63) is 0 Å². The van der Waals surface area contributed by atoms with E-state index in [9.17, 15) is 5.11 Å². The van der Waals surface area contributed by atoms with Crippen LogP contribution in [-0.4, -0.2) is 51.6 Å². The van der Waals surface area contributed by atoms with Crippen LogP contribution in [0.15, 0.2) is 0 Å². The third-order valence-electron chi connectivity index (χ3n) is 1.47. The van der Waals surface area contributed by atoms with Crippen molar-refractivity contribution >= 4 is 0 Å². The molecule has 0 aliphatic heterocycles. The predicted molar refractivity (Wildman–Crippen MR) is 49.3 cm³/mol. The standard InChI is InChI=1S/C8H20N2O2/c1-9-4-3-5-12-7-8(11)6-10-2/h8-11H,3-7H2,1-2H3. The van der Waals surface area contributed by atoms with E-state index in [0.29, 0.717) is 19.8 Å². The number of aliphatic hydroxyl groups is 1. The maximum Gasteiger partial charge on any atom is 0.0897 e. The molecule has 4 nitrogen and oxygen atoms in total. The molecule has 1 atom stereocenters. The van der Waals surface area contributed by atoms with Crippen molar-refractivity contribution in [3.8, 4) is 0 Å². The van der Waals surface area contributed by atoms with Crippen LogP contribution in [0.2, 0.25) is 0 Å². The Balaban J connectivity index is 2.97. The van der Waals surface area contributed by atoms with Crippen LogP contribution in [0.5, 0.6) is 0 Å². The summed E-state index contributed by atoms with van der Waals surface area (Å²) >= 11 is 0. The Labute approximate surface area is 74.3 Å². The number of aliphatic hydroxyl groups excluding tert-OH is 1. The Hall–Kier alpha value is -0.160. The summed E-state index contributed by atoms with van der Waals surface area (Å²) in [6.07, 6.45) is 0.604. The first-order chi connectivity index (χ1) is 5.81. The van der Waals surface area contributed by atoms with Crippen molar-refractivity contribution in [2.24, 2.45) is 0 Å². The Morgan fingerprint density at radius 1 is 1.33 bits per heavy atom. The van der Waals surface area contributed by atoms with E-state index in [2.05, 4.69) is 10.6 Å². The highest BCUT2D eigenvalue weighted by Gasteiger charge is 2.00. The summed E-state index contributed by atoms with van der Waals surface area (Å²) in [6.45, 7) is 2.68. The third kappa shape index (κ3) is 7.94. The maximum atomic E-state index is 9.20. The smallest absolute Gasteiger partial charge is 0.0897 e. The van der Waals surface area contributed by atoms with E-state index in [1.165, 1.54) is 0 Å². The van der Waals surface area contributed by atoms with Gasteiger partial charge in [-0.2, -0.15) is 0 Å². The first kappa shape index (κ1) is 11.8. The lowest BCUT2D eigenvalue weighted by Gasteiger charge is -2.09. The van der Waals surface area contributed by atoms with Crippen LogP contribution in [0.4, 0.5) is 0 Å². The molecule has 0 saturated carbocycles. The summed E-state index contributed by atoms with van der Waals surface area (Å²) in [6, 6.07) is 0. The monoisotopic (exact) mass is 176 g/mol. The number of ether oxygens (including phenoxy) is 1. The zero-order valence-corrected chi connectivity index (χ0v) is 7.97. The van der Waals surface area contributed by atoms with Gasteiger partial charge in [-0.1, -0.05) is 0 Å². The Bertz CT molecular complexity index is 91.1. The van der Waals surface area contributed by atoms with Gasteiger partial charge in [0.15, 0.2) is 0 Å². The first-order valence-electron chi connectivity index (χ1n) is 4.36. The van der Waals surface area contributed by atoms with E-state index in [0.717, 1.165) is 13.0 Å². The summed E-state index contributed by atoms with van der Waals surface area (Å²) in [7, 11) is 3.72. The molecular formula is C8H20N2O2. The fourth-order valence-electron chi connectivity index (χ4n) is 0.865. The normalized spacial score (nSPS) is 13.2. The zero-order chi connectivity index (χ0) is 9.23. The molecule has 74 valence electrons. The number of nitrogens with one attached hydrogen (secondary N) is 2. The van der Waals surface area contributed by atoms with Crippen molar-refractivity contribution in [3.63, 3.8) is 0 Å². The van der Waals surface area contributed by atoms with Crippen molar-refractivity contribution in [2.75, 3.05) is 40.4 Å². The van der Waals surface area contributed by atoms with Crippen LogP contribution >= 0.6 is 0 Å². The van der Waals surface area contributed by atoms with Crippen LogP contribution in [-0.2, 0) is 4.74 Å². The third-order valence-corrected chi connectivity index (χ3v) is 1.47. The summed E-state index contributed by atoms with van der Waals surface area (Å²) in [5.41, 5.74) is 0. The van der Waals surface area contributed by atoms with Crippen molar-refractivity contribution in [2.45, 2.75) is 12.5 Å². The molecule has 0 aromatic heterocycles. The predicted octanol–water partition coefficient (Wildman–Crippen LogP) is -0.807. The van der Waals surface area contributed by atoms with Gasteiger partial charge in [0.05, 0.1) is 12.7 Å². The number of rotatable bonds is 8. The molecule has 0 fully saturated rings. The average molecular weight is 176 g/mol. The minimum Gasteiger partial charge on any atom is -0.389 e. The second kappa shape index (κ2) is 8.93. The molecule has 0 aromatic carbocycles. The summed E-state index contributed by atoms with van der Waals surface area (Å²) in [4.78, 5) is 0. The van der Waals surface area contributed by atoms with Crippen LogP contribution in [0.1, 0.15) is 6.42 Å². The van der Waals surface area contributed by atoms with E-state index >= 15 is 0 Å². The molecule has 0 amide bonds. The molecule has 12 heavy (non-hydrogen) atoms. The van der Waals surface area contributed by atoms with Gasteiger partial charge in [-0.05, 0) is 27.1 Å². The molecule has 0 aliphatic carbocycles. The molecule has 0 saturated heterocycles. The lowest BCUT2D eigenvalue weighted by Crippen LogP contribution is -2.28. The molecule has 0 heterocycles. The quantitative estimate of drug-likeness (QED) is 0.424. The largest absolute Gasteiger partial charge is 0.389 e. The summed E-state index contributed by atoms with van der Waals surface area (Å²) in [5, 5.41) is 15.1. The van der Waals surface area contributed by atoms with Gasteiger partial charge in [-0.3, -0.25) is 0 Å². The lowest BCUT2D eigenvalue weighted by molar-refractivity contribution is 0.0372. The van der Waals surface area contributed by atoms with Crippen LogP contribution in [0.3, 0.4) is 0 Å². The topological polar surface area (TPSA) is 53.5 Å². The van der Waals surface area contributed by atoms with Crippen LogP contribution in [0, 0.1) is 0 Å². The maximum absolute atomic E-state index is 9.20. The molecule has 4 heteroatoms. The fourth-order valence-corrected chi connectivity index (χ4v) is 0.865. The van der Waals surface area contributed by atoms with Crippen LogP contribution < -0.4 is 10.6 Å². The Kier molecular flexibility index (Phi) is 8.81. The van der Waals surface area contributed by atoms with E-state index in [-0.39, 0.29) is 6.10 Å². The van der Waals surface area contributed by atoms with Gasteiger partial charge in [-0.15, -0.1) is 0 Å². The molecule has 0 aromatic rings. The molecule has 0 radical (unpaired) electrons. The Morgan fingerprint density at radius 3 is 2.67 bits per heavy atom. The van der Waals surface area contributed by atoms with E-state index in [1.807, 2.05) is 14.1 Å². The lowest BCUT2D eigenvalue weighted by atomic mass is 10.4. The highest BCUT2D eigenvalue weighted by molar-refractivity contribution is 4.54. The number of hydrogen-bond donors (Lipinski definition) is 3. The van der Waals surface area contributed by atoms with Gasteiger partial charge in [0.2, 0.25) is 0 Å². The Morgan fingerprint density at radius 2 is 2.08 bits per heavy atom. The van der Waals surface area contributed by atoms with Gasteiger partial charge in [0, 0.05) is 13.2 Å². The van der Waals surface area contributed by atoms with E-state index in [4.69, 9.17) is 4.74 Å². The summed E-state index contributed by atoms with van der Waals surface area (Å²) in [5.74, 6) is 0. The number of likely N-dealkylation sites (N-methyl/N-ethyl adjacent to an activating group) is 1. The summed E-state index contributed by atoms with van der Waals surface area (Å²) < 4.78 is 5.22. The van der Waals surface area contributed by atoms with Crippen molar-refractivity contribution in [1.82, 2.24) is 10.6 Å². The highest BCUT2D eigenvalue weighted by atomic mass is 16.5. The molecular weight excluding hydrogens is 156 g/mol. The average Bonchev–Trinajstić information content (AvgIpc) is 2.05. The van der Waals surface area contributed by atoms with Gasteiger partial charge in [0.1, 0.15) is 0 Å². The van der Waals surface area contributed by atoms with Crippen molar-refractivity contribution in [1.29, 1.82) is 0 Å². The van der Waals surface area contributed by atoms with Gasteiger partial charge < -0.3 is 20.5 Å². The second-order valence-corrected chi connectivity index (χ2v) is 2.74. The first-order valence-corrected chi connectivity index (χ1v) is 4.36. The minimum atomic E-state index is -0.385. The fraction of sp³-hybridized carbons (Fsp3) is 1.00. The molecule has 1 unspecified atom stereocenters. The van der Waals surface area contributed by atoms with E-state index in [1.54, 1.807) is 0 Å². The van der Waals surface area contributed by atoms with Crippen LogP contribution in [0.25, 0.3) is 0 Å². The number of hydrogen-bond acceptors (Lipinski definition) is 4. The zero-order valence-electron chi connectivity index (χ0n) is 7.97. The van der Waals surface area contributed by atoms with Gasteiger partial charge in [0.25, 0.3) is 0 Å². The van der Waals surface area contributed by atoms with Gasteiger partial charge in [-0.25, -0.2) is 0 Å². The minimum absolute atomic E-state index is 0.385. The molecule has 0 aliphatic rings. The molecule has 0 spiro atoms. The molecule has 3 N–H and O–H groups in total.